The highest BCUT2D eigenvalue weighted by molar-refractivity contribution is 5.63. The second-order valence-corrected chi connectivity index (χ2v) is 3.44. The van der Waals surface area contributed by atoms with Crippen molar-refractivity contribution in [2.75, 3.05) is 7.11 Å². The maximum atomic E-state index is 5.10. The van der Waals surface area contributed by atoms with E-state index in [4.69, 9.17) is 4.74 Å². The molecule has 14 heavy (non-hydrogen) atoms. The molecular weight excluding hydrogens is 172 g/mol. The van der Waals surface area contributed by atoms with Crippen molar-refractivity contribution in [3.8, 4) is 5.75 Å². The molecule has 0 N–H and O–H groups in total. The van der Waals surface area contributed by atoms with Gasteiger partial charge in [0.05, 0.1) is 7.11 Å². The monoisotopic (exact) mass is 190 g/mol. The van der Waals surface area contributed by atoms with E-state index in [-0.39, 0.29) is 0 Å². The van der Waals surface area contributed by atoms with Crippen molar-refractivity contribution in [1.29, 1.82) is 0 Å². The molecule has 0 amide bonds. The van der Waals surface area contributed by atoms with Crippen LogP contribution >= 0.6 is 0 Å². The first-order valence-electron chi connectivity index (χ1n) is 5.10. The standard InChI is InChI=1S/C13H18O/c1-4-5-6-11(2)12-7-9-13(14-3)10-8-12/h7-10H,2,4-6H2,1,3H3. The van der Waals surface area contributed by atoms with Crippen LogP contribution in [0.5, 0.6) is 5.75 Å². The molecule has 1 nitrogen and oxygen atoms in total. The van der Waals surface area contributed by atoms with Gasteiger partial charge in [0.15, 0.2) is 0 Å². The molecular formula is C13H18O. The Hall–Kier alpha value is -1.24. The highest BCUT2D eigenvalue weighted by Crippen LogP contribution is 2.21. The Labute approximate surface area is 86.4 Å². The lowest BCUT2D eigenvalue weighted by molar-refractivity contribution is 0.415. The van der Waals surface area contributed by atoms with Gasteiger partial charge in [-0.3, -0.25) is 0 Å². The maximum absolute atomic E-state index is 5.10. The van der Waals surface area contributed by atoms with Crippen LogP contribution in [0.1, 0.15) is 31.7 Å². The second kappa shape index (κ2) is 5.48. The summed E-state index contributed by atoms with van der Waals surface area (Å²) in [5.74, 6) is 0.900. The van der Waals surface area contributed by atoms with E-state index >= 15 is 0 Å². The molecule has 0 aromatic heterocycles. The van der Waals surface area contributed by atoms with Crippen LogP contribution in [-0.4, -0.2) is 7.11 Å². The average Bonchev–Trinajstić information content (AvgIpc) is 2.26. The van der Waals surface area contributed by atoms with Gasteiger partial charge in [0, 0.05) is 0 Å². The first-order chi connectivity index (χ1) is 6.77. The number of benzene rings is 1. The van der Waals surface area contributed by atoms with Crippen LogP contribution in [0.15, 0.2) is 30.8 Å². The molecule has 0 aliphatic carbocycles. The van der Waals surface area contributed by atoms with Crippen LogP contribution in [0.4, 0.5) is 0 Å². The Kier molecular flexibility index (Phi) is 4.24. The molecule has 0 fully saturated rings. The molecule has 0 radical (unpaired) electrons. The van der Waals surface area contributed by atoms with Gasteiger partial charge in [0.2, 0.25) is 0 Å². The van der Waals surface area contributed by atoms with Crippen LogP contribution < -0.4 is 4.74 Å². The van der Waals surface area contributed by atoms with Gasteiger partial charge in [-0.25, -0.2) is 0 Å². The molecule has 0 aliphatic rings. The Bertz CT molecular complexity index is 285. The largest absolute Gasteiger partial charge is 0.497 e. The fraction of sp³-hybridized carbons (Fsp3) is 0.385. The zero-order valence-electron chi connectivity index (χ0n) is 9.05. The fourth-order valence-corrected chi connectivity index (χ4v) is 1.36. The molecule has 1 rings (SSSR count). The molecule has 1 aromatic rings. The van der Waals surface area contributed by atoms with E-state index in [1.165, 1.54) is 24.0 Å². The Balaban J connectivity index is 2.62. The van der Waals surface area contributed by atoms with E-state index < -0.39 is 0 Å². The molecule has 0 spiro atoms. The quantitative estimate of drug-likeness (QED) is 0.684. The van der Waals surface area contributed by atoms with E-state index in [2.05, 4.69) is 25.6 Å². The number of methoxy groups -OCH3 is 1. The van der Waals surface area contributed by atoms with Crippen molar-refractivity contribution in [2.45, 2.75) is 26.2 Å². The smallest absolute Gasteiger partial charge is 0.118 e. The Morgan fingerprint density at radius 2 is 1.93 bits per heavy atom. The van der Waals surface area contributed by atoms with E-state index in [1.807, 2.05) is 12.1 Å². The highest BCUT2D eigenvalue weighted by Gasteiger charge is 1.98. The molecule has 0 aliphatic heterocycles. The molecule has 1 heteroatoms. The minimum absolute atomic E-state index is 0.900. The van der Waals surface area contributed by atoms with Crippen molar-refractivity contribution in [2.24, 2.45) is 0 Å². The van der Waals surface area contributed by atoms with Gasteiger partial charge in [-0.05, 0) is 36.1 Å². The summed E-state index contributed by atoms with van der Waals surface area (Å²) in [7, 11) is 1.68. The molecule has 76 valence electrons. The summed E-state index contributed by atoms with van der Waals surface area (Å²) in [5.41, 5.74) is 2.44. The summed E-state index contributed by atoms with van der Waals surface area (Å²) < 4.78 is 5.10. The molecule has 0 unspecified atom stereocenters. The van der Waals surface area contributed by atoms with E-state index in [0.29, 0.717) is 0 Å². The van der Waals surface area contributed by atoms with Crippen LogP contribution in [0.25, 0.3) is 5.57 Å². The zero-order chi connectivity index (χ0) is 10.4. The lowest BCUT2D eigenvalue weighted by Gasteiger charge is -2.06. The summed E-state index contributed by atoms with van der Waals surface area (Å²) in [6, 6.07) is 8.09. The summed E-state index contributed by atoms with van der Waals surface area (Å²) >= 11 is 0. The SMILES string of the molecule is C=C(CCCC)c1ccc(OC)cc1. The Morgan fingerprint density at radius 1 is 1.29 bits per heavy atom. The van der Waals surface area contributed by atoms with Crippen LogP contribution in [0, 0.1) is 0 Å². The molecule has 0 atom stereocenters. The van der Waals surface area contributed by atoms with Crippen LogP contribution in [0.2, 0.25) is 0 Å². The van der Waals surface area contributed by atoms with Crippen molar-refractivity contribution in [1.82, 2.24) is 0 Å². The summed E-state index contributed by atoms with van der Waals surface area (Å²) in [5, 5.41) is 0. The molecule has 1 aromatic carbocycles. The lowest BCUT2D eigenvalue weighted by atomic mass is 10.0. The number of hydrogen-bond acceptors (Lipinski definition) is 1. The fourth-order valence-electron chi connectivity index (χ4n) is 1.36. The van der Waals surface area contributed by atoms with Gasteiger partial charge in [0.25, 0.3) is 0 Å². The minimum atomic E-state index is 0.900. The van der Waals surface area contributed by atoms with E-state index in [1.54, 1.807) is 7.11 Å². The van der Waals surface area contributed by atoms with Gasteiger partial charge >= 0.3 is 0 Å². The topological polar surface area (TPSA) is 9.23 Å². The first kappa shape index (κ1) is 10.8. The third kappa shape index (κ3) is 2.91. The number of ether oxygens (including phenoxy) is 1. The predicted octanol–water partition coefficient (Wildman–Crippen LogP) is 3.90. The predicted molar refractivity (Wildman–Crippen MR) is 61.6 cm³/mol. The number of allylic oxidation sites excluding steroid dienone is 1. The zero-order valence-corrected chi connectivity index (χ0v) is 9.05. The molecule has 0 heterocycles. The number of unbranched alkanes of at least 4 members (excludes halogenated alkanes) is 1. The third-order valence-corrected chi connectivity index (χ3v) is 2.33. The maximum Gasteiger partial charge on any atom is 0.118 e. The summed E-state index contributed by atoms with van der Waals surface area (Å²) in [6.07, 6.45) is 3.52. The van der Waals surface area contributed by atoms with Crippen LogP contribution in [-0.2, 0) is 0 Å². The molecule has 0 saturated carbocycles. The lowest BCUT2D eigenvalue weighted by Crippen LogP contribution is -1.85. The normalized spacial score (nSPS) is 9.86. The minimum Gasteiger partial charge on any atom is -0.497 e. The van der Waals surface area contributed by atoms with Crippen molar-refractivity contribution in [3.05, 3.63) is 36.4 Å². The van der Waals surface area contributed by atoms with Crippen LogP contribution in [0.3, 0.4) is 0 Å². The Morgan fingerprint density at radius 3 is 2.43 bits per heavy atom. The van der Waals surface area contributed by atoms with Gasteiger partial charge in [-0.2, -0.15) is 0 Å². The molecule has 0 saturated heterocycles. The third-order valence-electron chi connectivity index (χ3n) is 2.33. The molecule has 0 bridgehead atoms. The van der Waals surface area contributed by atoms with Crippen molar-refractivity contribution >= 4 is 5.57 Å². The summed E-state index contributed by atoms with van der Waals surface area (Å²) in [6.45, 7) is 6.27. The average molecular weight is 190 g/mol. The first-order valence-corrected chi connectivity index (χ1v) is 5.10. The van der Waals surface area contributed by atoms with E-state index in [0.717, 1.165) is 12.2 Å². The highest BCUT2D eigenvalue weighted by atomic mass is 16.5. The van der Waals surface area contributed by atoms with Gasteiger partial charge in [-0.1, -0.05) is 32.1 Å². The second-order valence-electron chi connectivity index (χ2n) is 3.44. The number of rotatable bonds is 5. The van der Waals surface area contributed by atoms with Gasteiger partial charge in [0.1, 0.15) is 5.75 Å². The van der Waals surface area contributed by atoms with Gasteiger partial charge < -0.3 is 4.74 Å². The summed E-state index contributed by atoms with van der Waals surface area (Å²) in [4.78, 5) is 0. The number of hydrogen-bond donors (Lipinski definition) is 0. The van der Waals surface area contributed by atoms with Crippen molar-refractivity contribution < 1.29 is 4.74 Å². The van der Waals surface area contributed by atoms with E-state index in [9.17, 15) is 0 Å². The van der Waals surface area contributed by atoms with Crippen molar-refractivity contribution in [3.63, 3.8) is 0 Å². The van der Waals surface area contributed by atoms with Gasteiger partial charge in [-0.15, -0.1) is 0 Å².